The van der Waals surface area contributed by atoms with Gasteiger partial charge in [0.15, 0.2) is 0 Å². The molecule has 2 aliphatic rings. The molecule has 2 aromatic carbocycles. The maximum absolute atomic E-state index is 13.1. The smallest absolute Gasteiger partial charge is 0.293 e. The van der Waals surface area contributed by atoms with Gasteiger partial charge in [0.25, 0.3) is 11.1 Å². The van der Waals surface area contributed by atoms with Gasteiger partial charge in [-0.05, 0) is 97.5 Å². The molecular weight excluding hydrogens is 411 g/mol. The van der Waals surface area contributed by atoms with Crippen LogP contribution >= 0.6 is 11.8 Å². The van der Waals surface area contributed by atoms with Crippen LogP contribution in [0.25, 0.3) is 6.08 Å². The van der Waals surface area contributed by atoms with Crippen LogP contribution in [0, 0.1) is 12.7 Å². The van der Waals surface area contributed by atoms with Crippen LogP contribution in [0.4, 0.5) is 14.9 Å². The Morgan fingerprint density at radius 2 is 1.87 bits per heavy atom. The number of rotatable bonds is 3. The lowest BCUT2D eigenvalue weighted by molar-refractivity contribution is -0.123. The fraction of sp³-hybridized carbons (Fsp3) is 0.360. The monoisotopic (exact) mass is 438 g/mol. The van der Waals surface area contributed by atoms with Crippen LogP contribution in [-0.2, 0) is 11.3 Å². The molecule has 1 unspecified atom stereocenters. The number of thioether (sulfide) groups is 1. The zero-order valence-corrected chi connectivity index (χ0v) is 19.3. The summed E-state index contributed by atoms with van der Waals surface area (Å²) in [7, 11) is 2.13. The summed E-state index contributed by atoms with van der Waals surface area (Å²) in [5, 5.41) is -0.300. The summed E-state index contributed by atoms with van der Waals surface area (Å²) in [4.78, 5) is 29.4. The normalized spacial score (nSPS) is 21.7. The summed E-state index contributed by atoms with van der Waals surface area (Å²) in [5.41, 5.74) is 5.33. The van der Waals surface area contributed by atoms with Crippen LogP contribution in [0.5, 0.6) is 0 Å². The molecular formula is C25H27FN2O2S. The largest absolute Gasteiger partial charge is 0.369 e. The summed E-state index contributed by atoms with van der Waals surface area (Å²) in [6, 6.07) is 10.2. The van der Waals surface area contributed by atoms with Gasteiger partial charge in [-0.2, -0.15) is 0 Å². The van der Waals surface area contributed by atoms with E-state index in [1.165, 1.54) is 28.3 Å². The minimum atomic E-state index is -0.344. The molecule has 1 saturated heterocycles. The van der Waals surface area contributed by atoms with Crippen molar-refractivity contribution in [2.75, 3.05) is 11.9 Å². The molecule has 31 heavy (non-hydrogen) atoms. The molecule has 0 aromatic heterocycles. The van der Waals surface area contributed by atoms with E-state index in [1.807, 2.05) is 13.0 Å². The molecule has 162 valence electrons. The number of carbonyl (C=O) groups is 2. The van der Waals surface area contributed by atoms with Gasteiger partial charge in [-0.3, -0.25) is 14.5 Å². The lowest BCUT2D eigenvalue weighted by Crippen LogP contribution is -2.45. The molecule has 1 fully saturated rings. The van der Waals surface area contributed by atoms with Crippen molar-refractivity contribution < 1.29 is 14.0 Å². The Morgan fingerprint density at radius 3 is 2.55 bits per heavy atom. The number of benzene rings is 2. The fourth-order valence-electron chi connectivity index (χ4n) is 4.44. The molecule has 2 heterocycles. The van der Waals surface area contributed by atoms with E-state index in [2.05, 4.69) is 44.9 Å². The number of hydrogen-bond acceptors (Lipinski definition) is 4. The van der Waals surface area contributed by atoms with Crippen LogP contribution in [0.1, 0.15) is 55.4 Å². The van der Waals surface area contributed by atoms with Gasteiger partial charge in [0, 0.05) is 18.3 Å². The minimum Gasteiger partial charge on any atom is -0.369 e. The van der Waals surface area contributed by atoms with Crippen LogP contribution in [0.15, 0.2) is 41.3 Å². The third-order valence-corrected chi connectivity index (χ3v) is 7.34. The molecule has 4 rings (SSSR count). The molecule has 1 atom stereocenters. The van der Waals surface area contributed by atoms with Crippen molar-refractivity contribution in [3.8, 4) is 0 Å². The van der Waals surface area contributed by atoms with E-state index in [4.69, 9.17) is 0 Å². The number of imide groups is 1. The third-order valence-electron chi connectivity index (χ3n) is 6.44. The summed E-state index contributed by atoms with van der Waals surface area (Å²) in [5.74, 6) is -0.242. The molecule has 0 aliphatic carbocycles. The highest BCUT2D eigenvalue weighted by Gasteiger charge is 2.36. The van der Waals surface area contributed by atoms with Gasteiger partial charge < -0.3 is 4.90 Å². The van der Waals surface area contributed by atoms with E-state index in [-0.39, 0.29) is 29.0 Å². The van der Waals surface area contributed by atoms with Crippen molar-refractivity contribution in [2.24, 2.45) is 0 Å². The molecule has 0 saturated carbocycles. The van der Waals surface area contributed by atoms with Crippen LogP contribution < -0.4 is 4.90 Å². The summed E-state index contributed by atoms with van der Waals surface area (Å²) >= 11 is 0.960. The molecule has 2 aromatic rings. The first-order valence-corrected chi connectivity index (χ1v) is 11.3. The van der Waals surface area contributed by atoms with Crippen molar-refractivity contribution in [1.82, 2.24) is 4.90 Å². The average Bonchev–Trinajstić information content (AvgIpc) is 2.96. The van der Waals surface area contributed by atoms with E-state index in [9.17, 15) is 14.0 Å². The van der Waals surface area contributed by atoms with E-state index in [0.29, 0.717) is 10.8 Å². The molecule has 4 nitrogen and oxygen atoms in total. The van der Waals surface area contributed by atoms with Gasteiger partial charge in [0.05, 0.1) is 11.4 Å². The van der Waals surface area contributed by atoms with Gasteiger partial charge in [-0.1, -0.05) is 19.1 Å². The Hall–Kier alpha value is -2.60. The number of fused-ring (bicyclic) bond motifs is 1. The molecule has 0 N–H and O–H groups in total. The molecule has 2 aliphatic heterocycles. The van der Waals surface area contributed by atoms with E-state index in [0.717, 1.165) is 34.9 Å². The van der Waals surface area contributed by atoms with Crippen molar-refractivity contribution in [1.29, 1.82) is 0 Å². The highest BCUT2D eigenvalue weighted by molar-refractivity contribution is 8.18. The van der Waals surface area contributed by atoms with Crippen molar-refractivity contribution in [2.45, 2.75) is 52.1 Å². The summed E-state index contributed by atoms with van der Waals surface area (Å²) in [6.07, 6.45) is 2.88. The second-order valence-electron chi connectivity index (χ2n) is 9.14. The summed E-state index contributed by atoms with van der Waals surface area (Å²) < 4.78 is 13.1. The first kappa shape index (κ1) is 21.6. The first-order chi connectivity index (χ1) is 14.6. The lowest BCUT2D eigenvalue weighted by Gasteiger charge is -2.45. The zero-order chi connectivity index (χ0) is 22.5. The zero-order valence-electron chi connectivity index (χ0n) is 18.5. The van der Waals surface area contributed by atoms with E-state index in [1.54, 1.807) is 12.1 Å². The molecule has 6 heteroatoms. The highest BCUT2D eigenvalue weighted by atomic mass is 32.2. The predicted molar refractivity (Wildman–Crippen MR) is 125 cm³/mol. The Bertz CT molecular complexity index is 1090. The Balaban J connectivity index is 1.63. The van der Waals surface area contributed by atoms with Crippen LogP contribution in [0.3, 0.4) is 0 Å². The number of hydrogen-bond donors (Lipinski definition) is 0. The van der Waals surface area contributed by atoms with E-state index < -0.39 is 0 Å². The van der Waals surface area contributed by atoms with Crippen molar-refractivity contribution in [3.63, 3.8) is 0 Å². The molecule has 0 spiro atoms. The van der Waals surface area contributed by atoms with Gasteiger partial charge in [-0.25, -0.2) is 4.39 Å². The Morgan fingerprint density at radius 1 is 1.19 bits per heavy atom. The first-order valence-electron chi connectivity index (χ1n) is 10.4. The standard InChI is InChI=1S/C25H27FN2O2S/c1-15-10-21-20(16(2)13-25(3,4)27(21)5)11-18(15)12-22-23(29)28(24(30)31-22)14-17-6-8-19(26)9-7-17/h6-12,16H,13-14H2,1-5H3/b22-12+. The van der Waals surface area contributed by atoms with Crippen LogP contribution in [-0.4, -0.2) is 28.6 Å². The van der Waals surface area contributed by atoms with Gasteiger partial charge in [-0.15, -0.1) is 0 Å². The average molecular weight is 439 g/mol. The van der Waals surface area contributed by atoms with Crippen molar-refractivity contribution >= 4 is 34.7 Å². The second kappa shape index (κ2) is 7.83. The Kier molecular flexibility index (Phi) is 5.46. The number of aryl methyl sites for hydroxylation is 1. The van der Waals surface area contributed by atoms with Crippen LogP contribution in [0.2, 0.25) is 0 Å². The Labute approximate surface area is 187 Å². The minimum absolute atomic E-state index is 0.0867. The van der Waals surface area contributed by atoms with Gasteiger partial charge >= 0.3 is 0 Å². The maximum atomic E-state index is 13.1. The number of nitrogens with zero attached hydrogens (tertiary/aromatic N) is 2. The number of amides is 2. The maximum Gasteiger partial charge on any atom is 0.293 e. The lowest BCUT2D eigenvalue weighted by atomic mass is 9.79. The molecule has 2 amide bonds. The number of anilines is 1. The number of carbonyl (C=O) groups excluding carboxylic acids is 2. The SMILES string of the molecule is Cc1cc2c(cc1/C=C1/SC(=O)N(Cc3ccc(F)cc3)C1=O)C(C)CC(C)(C)N2C. The topological polar surface area (TPSA) is 40.6 Å². The quantitative estimate of drug-likeness (QED) is 0.544. The third kappa shape index (κ3) is 4.01. The summed E-state index contributed by atoms with van der Waals surface area (Å²) in [6.45, 7) is 8.93. The molecule has 0 bridgehead atoms. The number of halogens is 1. The van der Waals surface area contributed by atoms with Gasteiger partial charge in [0.2, 0.25) is 0 Å². The highest BCUT2D eigenvalue weighted by Crippen LogP contribution is 2.44. The molecule has 0 radical (unpaired) electrons. The predicted octanol–water partition coefficient (Wildman–Crippen LogP) is 6.09. The van der Waals surface area contributed by atoms with E-state index >= 15 is 0 Å². The van der Waals surface area contributed by atoms with Crippen molar-refractivity contribution in [3.05, 3.63) is 69.4 Å². The second-order valence-corrected chi connectivity index (χ2v) is 10.1. The van der Waals surface area contributed by atoms with Gasteiger partial charge in [0.1, 0.15) is 5.82 Å². The fourth-order valence-corrected chi connectivity index (χ4v) is 5.27.